The number of likely N-dealkylation sites (tertiary alicyclic amines) is 1. The van der Waals surface area contributed by atoms with Gasteiger partial charge in [-0.25, -0.2) is 4.79 Å². The molecule has 0 unspecified atom stereocenters. The van der Waals surface area contributed by atoms with Crippen LogP contribution in [0.4, 0.5) is 0 Å². The molecule has 1 aliphatic rings. The number of methoxy groups -OCH3 is 1. The van der Waals surface area contributed by atoms with Crippen molar-refractivity contribution in [3.8, 4) is 11.1 Å². The molecule has 282 valence electrons. The molecule has 5 amide bonds. The lowest BCUT2D eigenvalue weighted by molar-refractivity contribution is -0.149. The van der Waals surface area contributed by atoms with E-state index in [1.54, 1.807) is 12.1 Å². The van der Waals surface area contributed by atoms with Crippen molar-refractivity contribution < 1.29 is 48.5 Å². The van der Waals surface area contributed by atoms with E-state index < -0.39 is 84.6 Å². The Labute approximate surface area is 302 Å². The van der Waals surface area contributed by atoms with Gasteiger partial charge in [0.1, 0.15) is 18.1 Å². The number of nitrogens with zero attached hydrogens (tertiary/aromatic N) is 2. The number of hydrogen-bond acceptors (Lipinski definition) is 8. The molecule has 1 heterocycles. The Morgan fingerprint density at radius 3 is 2.19 bits per heavy atom. The highest BCUT2D eigenvalue weighted by atomic mass is 16.5. The summed E-state index contributed by atoms with van der Waals surface area (Å²) < 4.78 is 5.63. The SMILES string of the molecule is CO[C@H]1CCCN(C(=O)[C@H](CC(=O)O)NC(=O)[C@@H](CC(C)C)N(C)C(=O)c2ccccc2-c2ccccc2)[C@H]1CCC(=O)N[C@@H](CC(N)=O)C(=O)O. The van der Waals surface area contributed by atoms with Gasteiger partial charge in [0.2, 0.25) is 23.6 Å². The van der Waals surface area contributed by atoms with E-state index in [4.69, 9.17) is 10.5 Å². The Hall–Kier alpha value is -5.31. The summed E-state index contributed by atoms with van der Waals surface area (Å²) in [5.74, 6) is -6.29. The van der Waals surface area contributed by atoms with E-state index in [0.717, 1.165) is 5.56 Å². The number of nitrogens with one attached hydrogen (secondary N) is 2. The molecule has 15 heteroatoms. The van der Waals surface area contributed by atoms with Gasteiger partial charge in [0.15, 0.2) is 0 Å². The fourth-order valence-electron chi connectivity index (χ4n) is 6.46. The summed E-state index contributed by atoms with van der Waals surface area (Å²) in [7, 11) is 2.94. The number of benzene rings is 2. The van der Waals surface area contributed by atoms with Gasteiger partial charge in [0, 0.05) is 32.7 Å². The third kappa shape index (κ3) is 11.4. The van der Waals surface area contributed by atoms with E-state index in [1.807, 2.05) is 56.3 Å². The highest BCUT2D eigenvalue weighted by Crippen LogP contribution is 2.27. The van der Waals surface area contributed by atoms with E-state index in [9.17, 15) is 43.8 Å². The van der Waals surface area contributed by atoms with Crippen LogP contribution < -0.4 is 16.4 Å². The molecule has 1 fully saturated rings. The summed E-state index contributed by atoms with van der Waals surface area (Å²) in [6.45, 7) is 3.94. The quantitative estimate of drug-likeness (QED) is 0.150. The fourth-order valence-corrected chi connectivity index (χ4v) is 6.46. The molecule has 0 saturated carbocycles. The van der Waals surface area contributed by atoms with Crippen molar-refractivity contribution in [3.05, 3.63) is 60.2 Å². The molecule has 1 saturated heterocycles. The Bertz CT molecular complexity index is 1600. The number of rotatable bonds is 18. The molecule has 6 N–H and O–H groups in total. The van der Waals surface area contributed by atoms with E-state index >= 15 is 0 Å². The summed E-state index contributed by atoms with van der Waals surface area (Å²) in [5.41, 5.74) is 6.96. The van der Waals surface area contributed by atoms with Crippen LogP contribution in [0.3, 0.4) is 0 Å². The first-order chi connectivity index (χ1) is 24.6. The van der Waals surface area contributed by atoms with Crippen molar-refractivity contribution in [2.24, 2.45) is 11.7 Å². The number of aliphatic carboxylic acids is 2. The van der Waals surface area contributed by atoms with Crippen LogP contribution in [0, 0.1) is 5.92 Å². The van der Waals surface area contributed by atoms with E-state index in [-0.39, 0.29) is 31.7 Å². The van der Waals surface area contributed by atoms with Crippen LogP contribution in [0.2, 0.25) is 0 Å². The molecule has 3 rings (SSSR count). The first-order valence-electron chi connectivity index (χ1n) is 17.2. The van der Waals surface area contributed by atoms with Gasteiger partial charge in [-0.2, -0.15) is 0 Å². The summed E-state index contributed by atoms with van der Waals surface area (Å²) in [6.07, 6.45) is -0.900. The third-order valence-electron chi connectivity index (χ3n) is 9.03. The predicted molar refractivity (Wildman–Crippen MR) is 190 cm³/mol. The van der Waals surface area contributed by atoms with Gasteiger partial charge < -0.3 is 41.1 Å². The average Bonchev–Trinajstić information content (AvgIpc) is 3.11. The van der Waals surface area contributed by atoms with Crippen LogP contribution in [-0.2, 0) is 33.5 Å². The zero-order valence-electron chi connectivity index (χ0n) is 29.9. The fraction of sp³-hybridized carbons (Fsp3) is 0.486. The Balaban J connectivity index is 1.85. The van der Waals surface area contributed by atoms with Crippen LogP contribution >= 0.6 is 0 Å². The van der Waals surface area contributed by atoms with Crippen molar-refractivity contribution >= 4 is 41.5 Å². The van der Waals surface area contributed by atoms with Gasteiger partial charge in [-0.05, 0) is 48.8 Å². The van der Waals surface area contributed by atoms with Crippen molar-refractivity contribution in [2.45, 2.75) is 89.1 Å². The molecule has 0 radical (unpaired) electrons. The van der Waals surface area contributed by atoms with E-state index in [2.05, 4.69) is 10.6 Å². The maximum Gasteiger partial charge on any atom is 0.326 e. The normalized spacial score (nSPS) is 17.4. The molecule has 52 heavy (non-hydrogen) atoms. The minimum absolute atomic E-state index is 0.0146. The molecule has 0 bridgehead atoms. The highest BCUT2D eigenvalue weighted by Gasteiger charge is 2.40. The standard InChI is InChI=1S/C37H49N5O10/c1-22(2)19-29(41(3)35(48)25-14-9-8-13-24(25)23-11-6-5-7-12-23)34(47)40-26(21-33(45)46)36(49)42-18-10-15-30(52-4)28(42)16-17-32(44)39-27(37(50)51)20-31(38)43/h5-9,11-14,22,26-30H,10,15-21H2,1-4H3,(H2,38,43)(H,39,44)(H,40,47)(H,45,46)(H,50,51)/t26-,27-,28-,29+,30-/m0/s1. The molecule has 5 atom stereocenters. The smallest absolute Gasteiger partial charge is 0.326 e. The lowest BCUT2D eigenvalue weighted by Gasteiger charge is -2.42. The topological polar surface area (TPSA) is 226 Å². The van der Waals surface area contributed by atoms with Crippen molar-refractivity contribution in [1.82, 2.24) is 20.4 Å². The predicted octanol–water partition coefficient (Wildman–Crippen LogP) is 2.03. The molecule has 0 aromatic heterocycles. The van der Waals surface area contributed by atoms with Crippen molar-refractivity contribution in [2.75, 3.05) is 20.7 Å². The van der Waals surface area contributed by atoms with Crippen LogP contribution in [0.1, 0.15) is 69.2 Å². The molecule has 1 aliphatic heterocycles. The Morgan fingerprint density at radius 1 is 0.942 bits per heavy atom. The lowest BCUT2D eigenvalue weighted by atomic mass is 9.93. The number of carboxylic acid groups (broad SMARTS) is 2. The number of ether oxygens (including phenoxy) is 1. The first kappa shape index (κ1) is 41.1. The van der Waals surface area contributed by atoms with Gasteiger partial charge in [0.25, 0.3) is 5.91 Å². The minimum Gasteiger partial charge on any atom is -0.481 e. The maximum atomic E-state index is 14.1. The second kappa shape index (κ2) is 19.3. The number of hydrogen-bond donors (Lipinski definition) is 5. The van der Waals surface area contributed by atoms with E-state index in [1.165, 1.54) is 24.0 Å². The van der Waals surface area contributed by atoms with Crippen LogP contribution in [0.5, 0.6) is 0 Å². The highest BCUT2D eigenvalue weighted by molar-refractivity contribution is 6.03. The monoisotopic (exact) mass is 723 g/mol. The molecule has 0 spiro atoms. The maximum absolute atomic E-state index is 14.1. The Morgan fingerprint density at radius 2 is 1.60 bits per heavy atom. The molecule has 15 nitrogen and oxygen atoms in total. The number of carbonyl (C=O) groups excluding carboxylic acids is 5. The molecule has 2 aromatic rings. The average molecular weight is 724 g/mol. The molecule has 0 aliphatic carbocycles. The molecule has 2 aromatic carbocycles. The minimum atomic E-state index is -1.53. The molecular formula is C37H49N5O10. The van der Waals surface area contributed by atoms with E-state index in [0.29, 0.717) is 24.0 Å². The number of piperidine rings is 1. The van der Waals surface area contributed by atoms with Gasteiger partial charge in [-0.1, -0.05) is 62.4 Å². The first-order valence-corrected chi connectivity index (χ1v) is 17.2. The largest absolute Gasteiger partial charge is 0.481 e. The van der Waals surface area contributed by atoms with Gasteiger partial charge in [-0.15, -0.1) is 0 Å². The number of carbonyl (C=O) groups is 7. The summed E-state index contributed by atoms with van der Waals surface area (Å²) >= 11 is 0. The van der Waals surface area contributed by atoms with Crippen molar-refractivity contribution in [3.63, 3.8) is 0 Å². The summed E-state index contributed by atoms with van der Waals surface area (Å²) in [5, 5.41) is 24.0. The second-order valence-electron chi connectivity index (χ2n) is 13.3. The van der Waals surface area contributed by atoms with Gasteiger partial charge in [-0.3, -0.25) is 28.8 Å². The van der Waals surface area contributed by atoms with Crippen LogP contribution in [0.25, 0.3) is 11.1 Å². The summed E-state index contributed by atoms with van der Waals surface area (Å²) in [4.78, 5) is 92.4. The zero-order chi connectivity index (χ0) is 38.5. The number of primary amides is 1. The zero-order valence-corrected chi connectivity index (χ0v) is 29.9. The van der Waals surface area contributed by atoms with Gasteiger partial charge >= 0.3 is 11.9 Å². The number of amides is 5. The number of nitrogens with two attached hydrogens (primary N) is 1. The van der Waals surface area contributed by atoms with Crippen molar-refractivity contribution in [1.29, 1.82) is 0 Å². The van der Waals surface area contributed by atoms with Gasteiger partial charge in [0.05, 0.1) is 25.0 Å². The molecular weight excluding hydrogens is 674 g/mol. The lowest BCUT2D eigenvalue weighted by Crippen LogP contribution is -2.60. The summed E-state index contributed by atoms with van der Waals surface area (Å²) in [6, 6.07) is 11.5. The Kier molecular flexibility index (Phi) is 15.3. The number of likely N-dealkylation sites (N-methyl/N-ethyl adjacent to an activating group) is 1. The second-order valence-corrected chi connectivity index (χ2v) is 13.3. The van der Waals surface area contributed by atoms with Crippen LogP contribution in [-0.4, -0.2) is 112 Å². The number of carboxylic acids is 2. The third-order valence-corrected chi connectivity index (χ3v) is 9.03. The van der Waals surface area contributed by atoms with Crippen LogP contribution in [0.15, 0.2) is 54.6 Å².